The summed E-state index contributed by atoms with van der Waals surface area (Å²) in [6.45, 7) is 4.55. The first kappa shape index (κ1) is 18.6. The molecule has 1 fully saturated rings. The summed E-state index contributed by atoms with van der Waals surface area (Å²) in [6, 6.07) is 5.75. The number of aromatic nitrogens is 6. The Morgan fingerprint density at radius 1 is 1.40 bits per heavy atom. The third kappa shape index (κ3) is 3.16. The van der Waals surface area contributed by atoms with E-state index < -0.39 is 5.54 Å². The summed E-state index contributed by atoms with van der Waals surface area (Å²) < 4.78 is 1.77. The molecular weight excluding hydrogens is 402 g/mol. The van der Waals surface area contributed by atoms with Crippen LogP contribution in [0.3, 0.4) is 0 Å². The third-order valence-electron chi connectivity index (χ3n) is 5.36. The molecule has 1 aliphatic rings. The highest BCUT2D eigenvalue weighted by Gasteiger charge is 2.45. The molecule has 10 nitrogen and oxygen atoms in total. The van der Waals surface area contributed by atoms with Gasteiger partial charge in [0, 0.05) is 36.1 Å². The molecule has 5 heterocycles. The van der Waals surface area contributed by atoms with E-state index in [1.54, 1.807) is 10.7 Å². The van der Waals surface area contributed by atoms with E-state index in [-0.39, 0.29) is 5.91 Å². The minimum atomic E-state index is -0.771. The van der Waals surface area contributed by atoms with Crippen molar-refractivity contribution >= 4 is 45.5 Å². The Balaban J connectivity index is 1.50. The molecule has 0 aliphatic carbocycles. The Labute approximate surface area is 176 Å². The molecule has 0 spiro atoms. The fraction of sp³-hybridized carbons (Fsp3) is 0.316. The molecule has 1 amide bonds. The summed E-state index contributed by atoms with van der Waals surface area (Å²) in [6.07, 6.45) is 5.12. The maximum Gasteiger partial charge on any atom is 0.251 e. The maximum absolute atomic E-state index is 13.1. The maximum atomic E-state index is 13.1. The van der Waals surface area contributed by atoms with Crippen molar-refractivity contribution in [2.45, 2.75) is 32.2 Å². The lowest BCUT2D eigenvalue weighted by atomic mass is 9.98. The molecule has 1 aliphatic heterocycles. The van der Waals surface area contributed by atoms with Crippen LogP contribution in [0.15, 0.2) is 36.0 Å². The number of aryl methyl sites for hydroxylation is 1. The minimum absolute atomic E-state index is 0.108. The van der Waals surface area contributed by atoms with Gasteiger partial charge in [-0.05, 0) is 38.8 Å². The van der Waals surface area contributed by atoms with Crippen molar-refractivity contribution in [3.05, 3.63) is 41.7 Å². The molecular formula is C19H21N9OS. The molecule has 11 heteroatoms. The van der Waals surface area contributed by atoms with E-state index in [9.17, 15) is 4.79 Å². The van der Waals surface area contributed by atoms with Gasteiger partial charge in [0.15, 0.2) is 16.8 Å². The van der Waals surface area contributed by atoms with Gasteiger partial charge in [0.2, 0.25) is 5.95 Å². The van der Waals surface area contributed by atoms with E-state index in [0.29, 0.717) is 35.7 Å². The molecule has 0 bridgehead atoms. The van der Waals surface area contributed by atoms with E-state index in [0.717, 1.165) is 17.6 Å². The summed E-state index contributed by atoms with van der Waals surface area (Å²) >= 11 is 1.40. The Morgan fingerprint density at radius 3 is 3.07 bits per heavy atom. The molecule has 5 rings (SSSR count). The lowest BCUT2D eigenvalue weighted by Crippen LogP contribution is -2.51. The van der Waals surface area contributed by atoms with Gasteiger partial charge in [-0.25, -0.2) is 9.50 Å². The molecule has 1 atom stereocenters. The highest BCUT2D eigenvalue weighted by Crippen LogP contribution is 2.34. The number of rotatable bonds is 5. The number of fused-ring (bicyclic) bond motifs is 1. The SMILES string of the molecule is Cc1cc(Nc2nc(N3CCC[C@@]3(C)C(=O)Nc3nccs3)nn3cccc23)n[nH]1. The predicted molar refractivity (Wildman–Crippen MR) is 115 cm³/mol. The van der Waals surface area contributed by atoms with E-state index in [4.69, 9.17) is 4.98 Å². The van der Waals surface area contributed by atoms with E-state index in [1.807, 2.05) is 48.5 Å². The lowest BCUT2D eigenvalue weighted by molar-refractivity contribution is -0.120. The van der Waals surface area contributed by atoms with Crippen molar-refractivity contribution in [2.24, 2.45) is 0 Å². The first-order valence-corrected chi connectivity index (χ1v) is 10.5. The molecule has 4 aromatic heterocycles. The van der Waals surface area contributed by atoms with Gasteiger partial charge in [-0.2, -0.15) is 10.1 Å². The van der Waals surface area contributed by atoms with Crippen molar-refractivity contribution in [3.8, 4) is 0 Å². The van der Waals surface area contributed by atoms with Crippen LogP contribution in [0.5, 0.6) is 0 Å². The fourth-order valence-corrected chi connectivity index (χ4v) is 4.29. The summed E-state index contributed by atoms with van der Waals surface area (Å²) in [5, 5.41) is 20.4. The van der Waals surface area contributed by atoms with Crippen molar-refractivity contribution < 1.29 is 4.79 Å². The molecule has 1 saturated heterocycles. The second-order valence-electron chi connectivity index (χ2n) is 7.48. The molecule has 3 N–H and O–H groups in total. The third-order valence-corrected chi connectivity index (χ3v) is 6.05. The highest BCUT2D eigenvalue weighted by atomic mass is 32.1. The zero-order chi connectivity index (χ0) is 20.7. The first-order valence-electron chi connectivity index (χ1n) is 9.66. The van der Waals surface area contributed by atoms with Crippen LogP contribution in [0, 0.1) is 6.92 Å². The van der Waals surface area contributed by atoms with Crippen molar-refractivity contribution in [1.82, 2.24) is 29.8 Å². The van der Waals surface area contributed by atoms with E-state index in [2.05, 4.69) is 30.9 Å². The number of hydrogen-bond acceptors (Lipinski definition) is 8. The Kier molecular flexibility index (Phi) is 4.39. The second-order valence-corrected chi connectivity index (χ2v) is 8.37. The van der Waals surface area contributed by atoms with Gasteiger partial charge in [0.25, 0.3) is 5.91 Å². The molecule has 0 radical (unpaired) electrons. The molecule has 0 unspecified atom stereocenters. The van der Waals surface area contributed by atoms with E-state index >= 15 is 0 Å². The summed E-state index contributed by atoms with van der Waals surface area (Å²) in [7, 11) is 0. The number of aromatic amines is 1. The summed E-state index contributed by atoms with van der Waals surface area (Å²) in [4.78, 5) is 24.0. The number of anilines is 4. The minimum Gasteiger partial charge on any atom is -0.325 e. The number of nitrogens with zero attached hydrogens (tertiary/aromatic N) is 6. The van der Waals surface area contributed by atoms with E-state index in [1.165, 1.54) is 11.3 Å². The molecule has 154 valence electrons. The van der Waals surface area contributed by atoms with Crippen LogP contribution in [0.25, 0.3) is 5.52 Å². The van der Waals surface area contributed by atoms with Gasteiger partial charge >= 0.3 is 0 Å². The fourth-order valence-electron chi connectivity index (χ4n) is 3.77. The van der Waals surface area contributed by atoms with Crippen LogP contribution >= 0.6 is 11.3 Å². The van der Waals surface area contributed by atoms with Gasteiger partial charge in [-0.1, -0.05) is 0 Å². The topological polar surface area (TPSA) is 116 Å². The van der Waals surface area contributed by atoms with Gasteiger partial charge in [0.1, 0.15) is 11.1 Å². The summed E-state index contributed by atoms with van der Waals surface area (Å²) in [5.41, 5.74) is 1.00. The Hall–Kier alpha value is -3.47. The molecule has 4 aromatic rings. The second kappa shape index (κ2) is 7.10. The largest absolute Gasteiger partial charge is 0.325 e. The van der Waals surface area contributed by atoms with Gasteiger partial charge in [0.05, 0.1) is 0 Å². The van der Waals surface area contributed by atoms with Crippen molar-refractivity contribution in [2.75, 3.05) is 22.1 Å². The Morgan fingerprint density at radius 2 is 2.30 bits per heavy atom. The van der Waals surface area contributed by atoms with Crippen LogP contribution in [0.2, 0.25) is 0 Å². The number of carbonyl (C=O) groups is 1. The Bertz CT molecular complexity index is 1200. The average Bonchev–Trinajstić information content (AvgIpc) is 3.50. The van der Waals surface area contributed by atoms with Crippen LogP contribution in [0.4, 0.5) is 22.7 Å². The van der Waals surface area contributed by atoms with Gasteiger partial charge < -0.3 is 10.2 Å². The zero-order valence-electron chi connectivity index (χ0n) is 16.6. The van der Waals surface area contributed by atoms with Crippen LogP contribution < -0.4 is 15.5 Å². The van der Waals surface area contributed by atoms with Gasteiger partial charge in [-0.3, -0.25) is 15.2 Å². The first-order chi connectivity index (χ1) is 14.5. The number of hydrogen-bond donors (Lipinski definition) is 3. The van der Waals surface area contributed by atoms with Crippen LogP contribution in [-0.2, 0) is 4.79 Å². The zero-order valence-corrected chi connectivity index (χ0v) is 17.4. The molecule has 0 saturated carbocycles. The molecule has 0 aromatic carbocycles. The number of H-pyrrole nitrogens is 1. The number of thiazole rings is 1. The van der Waals surface area contributed by atoms with Crippen molar-refractivity contribution in [3.63, 3.8) is 0 Å². The monoisotopic (exact) mass is 423 g/mol. The number of carbonyl (C=O) groups excluding carboxylic acids is 1. The van der Waals surface area contributed by atoms with Crippen LogP contribution in [0.1, 0.15) is 25.5 Å². The quantitative estimate of drug-likeness (QED) is 0.452. The normalized spacial score (nSPS) is 18.8. The number of amides is 1. The van der Waals surface area contributed by atoms with Gasteiger partial charge in [-0.15, -0.1) is 16.4 Å². The highest BCUT2D eigenvalue weighted by molar-refractivity contribution is 7.13. The lowest BCUT2D eigenvalue weighted by Gasteiger charge is -2.33. The number of nitrogens with one attached hydrogen (secondary N) is 3. The summed E-state index contributed by atoms with van der Waals surface area (Å²) in [5.74, 6) is 1.68. The average molecular weight is 424 g/mol. The smallest absolute Gasteiger partial charge is 0.251 e. The van der Waals surface area contributed by atoms with Crippen LogP contribution in [-0.4, -0.2) is 47.8 Å². The molecule has 30 heavy (non-hydrogen) atoms. The van der Waals surface area contributed by atoms with Crippen molar-refractivity contribution in [1.29, 1.82) is 0 Å². The standard InChI is InChI=1S/C19H21N9OS/c1-12-11-14(25-24-12)21-15-13-5-3-9-28(13)26-17(22-15)27-8-4-6-19(27,2)16(29)23-18-20-7-10-30-18/h3,5,7,9-11H,4,6,8H2,1-2H3,(H,20,23,29)(H2,21,22,24,25,26)/t19-/m0/s1. The predicted octanol–water partition coefficient (Wildman–Crippen LogP) is 2.96.